The molecule has 0 bridgehead atoms. The number of carboxylic acid groups (broad SMARTS) is 1. The lowest BCUT2D eigenvalue weighted by Gasteiger charge is -2.23. The van der Waals surface area contributed by atoms with Crippen LogP contribution in [0.5, 0.6) is 0 Å². The van der Waals surface area contributed by atoms with E-state index in [4.69, 9.17) is 32.5 Å². The van der Waals surface area contributed by atoms with Gasteiger partial charge in [0.05, 0.1) is 11.1 Å². The summed E-state index contributed by atoms with van der Waals surface area (Å²) in [6.45, 7) is 2.60. The van der Waals surface area contributed by atoms with Gasteiger partial charge < -0.3 is 16.2 Å². The van der Waals surface area contributed by atoms with Crippen molar-refractivity contribution in [3.63, 3.8) is 0 Å². The van der Waals surface area contributed by atoms with Crippen molar-refractivity contribution in [2.45, 2.75) is 57.4 Å². The van der Waals surface area contributed by atoms with Gasteiger partial charge in [-0.25, -0.2) is 9.97 Å². The number of carbonyl (C=O) groups is 2. The average Bonchev–Trinajstić information content (AvgIpc) is 3.61. The number of benzene rings is 2. The first kappa shape index (κ1) is 25.3. The molecular weight excluding hydrogens is 516 g/mol. The van der Waals surface area contributed by atoms with Gasteiger partial charge in [-0.05, 0) is 61.4 Å². The number of carbonyl (C=O) groups excluding carboxylic acids is 1. The molecule has 1 aliphatic heterocycles. The maximum absolute atomic E-state index is 13.4. The van der Waals surface area contributed by atoms with E-state index in [2.05, 4.69) is 10.3 Å². The second kappa shape index (κ2) is 9.64. The molecule has 6 rings (SSSR count). The fraction of sp³-hybridized carbons (Fsp3) is 0.345. The quantitative estimate of drug-likeness (QED) is 0.291. The highest BCUT2D eigenvalue weighted by atomic mass is 35.5. The van der Waals surface area contributed by atoms with Crippen molar-refractivity contribution in [3.05, 3.63) is 64.2 Å². The highest BCUT2D eigenvalue weighted by Crippen LogP contribution is 2.45. The molecule has 4 aromatic rings. The maximum Gasteiger partial charge on any atom is 0.303 e. The Labute approximate surface area is 230 Å². The first-order valence-corrected chi connectivity index (χ1v) is 13.6. The van der Waals surface area contributed by atoms with Crippen LogP contribution in [-0.4, -0.2) is 36.7 Å². The van der Waals surface area contributed by atoms with E-state index in [1.807, 2.05) is 47.1 Å². The Bertz CT molecular complexity index is 1610. The molecule has 0 radical (unpaired) electrons. The maximum atomic E-state index is 13.4. The van der Waals surface area contributed by atoms with E-state index in [0.29, 0.717) is 40.3 Å². The molecule has 1 unspecified atom stereocenters. The van der Waals surface area contributed by atoms with Crippen LogP contribution in [0, 0.1) is 5.92 Å². The van der Waals surface area contributed by atoms with E-state index >= 15 is 0 Å². The van der Waals surface area contributed by atoms with Crippen LogP contribution in [-0.2, 0) is 28.0 Å². The minimum atomic E-state index is -1.10. The first-order valence-electron chi connectivity index (χ1n) is 13.2. The number of halogens is 1. The van der Waals surface area contributed by atoms with Crippen molar-refractivity contribution < 1.29 is 14.7 Å². The number of nitrogens with zero attached hydrogens (tertiary/aromatic N) is 4. The van der Waals surface area contributed by atoms with Gasteiger partial charge in [-0.3, -0.25) is 14.3 Å². The monoisotopic (exact) mass is 544 g/mol. The number of fused-ring (bicyclic) bond motifs is 2. The van der Waals surface area contributed by atoms with Crippen molar-refractivity contribution in [2.75, 3.05) is 11.1 Å². The molecular formula is C29H29ClN6O3. The summed E-state index contributed by atoms with van der Waals surface area (Å²) in [6, 6.07) is 13.0. The van der Waals surface area contributed by atoms with E-state index in [1.165, 1.54) is 25.7 Å². The zero-order chi connectivity index (χ0) is 27.3. The highest BCUT2D eigenvalue weighted by molar-refractivity contribution is 6.31. The Kier molecular flexibility index (Phi) is 6.26. The summed E-state index contributed by atoms with van der Waals surface area (Å²) in [5.74, 6) is 0.386. The Morgan fingerprint density at radius 3 is 2.64 bits per heavy atom. The van der Waals surface area contributed by atoms with E-state index in [1.54, 1.807) is 6.92 Å². The molecule has 1 atom stereocenters. The lowest BCUT2D eigenvalue weighted by Crippen LogP contribution is -2.33. The molecule has 2 aromatic carbocycles. The van der Waals surface area contributed by atoms with Gasteiger partial charge in [0.25, 0.3) is 0 Å². The van der Waals surface area contributed by atoms with E-state index in [0.717, 1.165) is 28.6 Å². The van der Waals surface area contributed by atoms with Crippen LogP contribution in [0.15, 0.2) is 42.5 Å². The fourth-order valence-corrected chi connectivity index (χ4v) is 6.10. The number of nitrogens with two attached hydrogens (primary N) is 1. The minimum absolute atomic E-state index is 0.0425. The third-order valence-corrected chi connectivity index (χ3v) is 8.35. The molecule has 1 saturated carbocycles. The van der Waals surface area contributed by atoms with Gasteiger partial charge in [0, 0.05) is 23.4 Å². The number of anilines is 2. The molecule has 4 N–H and O–H groups in total. The normalized spacial score (nSPS) is 19.0. The summed E-state index contributed by atoms with van der Waals surface area (Å²) in [4.78, 5) is 33.7. The summed E-state index contributed by atoms with van der Waals surface area (Å²) in [5, 5.41) is 18.3. The Balaban J connectivity index is 1.39. The molecule has 2 aliphatic rings. The predicted octanol–water partition coefficient (Wildman–Crippen LogP) is 5.19. The first-order chi connectivity index (χ1) is 18.7. The van der Waals surface area contributed by atoms with Gasteiger partial charge in [-0.15, -0.1) is 0 Å². The third kappa shape index (κ3) is 4.40. The molecule has 1 aliphatic carbocycles. The van der Waals surface area contributed by atoms with Gasteiger partial charge in [-0.2, -0.15) is 5.10 Å². The Morgan fingerprint density at radius 1 is 1.18 bits per heavy atom. The molecule has 3 heterocycles. The number of aliphatic carboxylic acids is 1. The van der Waals surface area contributed by atoms with E-state index in [9.17, 15) is 9.59 Å². The number of nitrogens with one attached hydrogen (secondary N) is 1. The number of aromatic nitrogens is 4. The average molecular weight is 545 g/mol. The van der Waals surface area contributed by atoms with Gasteiger partial charge in [0.2, 0.25) is 5.91 Å². The number of hydrogen-bond donors (Lipinski definition) is 3. The smallest absolute Gasteiger partial charge is 0.303 e. The molecule has 10 heteroatoms. The Morgan fingerprint density at radius 2 is 1.92 bits per heavy atom. The second-order valence-electron chi connectivity index (χ2n) is 10.7. The standard InChI is InChI=1S/C29H29ClN6O3/c1-29(18-9-6-16(7-10-18)8-13-22(37)38)23-25(31)32-27(33-26(23)34-28(29)39)24-20-12-11-19(30)14-21(20)36(35-24)15-17-4-2-3-5-17/h6-7,9-12,14,17H,2-5,8,13,15H2,1H3,(H,37,38)(H3,31,32,33,34,39). The van der Waals surface area contributed by atoms with Crippen LogP contribution in [0.2, 0.25) is 5.02 Å². The lowest BCUT2D eigenvalue weighted by molar-refractivity contribution is -0.137. The number of carboxylic acids is 1. The number of aryl methyl sites for hydroxylation is 1. The van der Waals surface area contributed by atoms with E-state index in [-0.39, 0.29) is 18.1 Å². The molecule has 0 spiro atoms. The van der Waals surface area contributed by atoms with Crippen LogP contribution in [0.4, 0.5) is 11.6 Å². The van der Waals surface area contributed by atoms with Crippen LogP contribution in [0.3, 0.4) is 0 Å². The molecule has 1 fully saturated rings. The molecule has 39 heavy (non-hydrogen) atoms. The van der Waals surface area contributed by atoms with Crippen molar-refractivity contribution in [1.29, 1.82) is 0 Å². The predicted molar refractivity (Wildman–Crippen MR) is 150 cm³/mol. The van der Waals surface area contributed by atoms with Crippen molar-refractivity contribution in [1.82, 2.24) is 19.7 Å². The fourth-order valence-electron chi connectivity index (χ4n) is 5.93. The van der Waals surface area contributed by atoms with Crippen molar-refractivity contribution >= 4 is 46.0 Å². The number of hydrogen-bond acceptors (Lipinski definition) is 6. The number of nitrogen functional groups attached to an aromatic ring is 1. The van der Waals surface area contributed by atoms with Gasteiger partial charge >= 0.3 is 5.97 Å². The summed E-state index contributed by atoms with van der Waals surface area (Å²) < 4.78 is 1.99. The van der Waals surface area contributed by atoms with Crippen molar-refractivity contribution in [3.8, 4) is 11.5 Å². The van der Waals surface area contributed by atoms with Gasteiger partial charge in [0.15, 0.2) is 5.82 Å². The van der Waals surface area contributed by atoms with Crippen LogP contribution in [0.1, 0.15) is 55.7 Å². The van der Waals surface area contributed by atoms with Crippen LogP contribution in [0.25, 0.3) is 22.4 Å². The number of amides is 1. The van der Waals surface area contributed by atoms with Crippen molar-refractivity contribution in [2.24, 2.45) is 5.92 Å². The van der Waals surface area contributed by atoms with Gasteiger partial charge in [-0.1, -0.05) is 48.7 Å². The lowest BCUT2D eigenvalue weighted by atomic mass is 9.77. The van der Waals surface area contributed by atoms with E-state index < -0.39 is 11.4 Å². The van der Waals surface area contributed by atoms with Gasteiger partial charge in [0.1, 0.15) is 22.7 Å². The van der Waals surface area contributed by atoms with Crippen LogP contribution < -0.4 is 11.1 Å². The zero-order valence-corrected chi connectivity index (χ0v) is 22.3. The summed E-state index contributed by atoms with van der Waals surface area (Å²) >= 11 is 6.35. The van der Waals surface area contributed by atoms with Crippen LogP contribution >= 0.6 is 11.6 Å². The highest BCUT2D eigenvalue weighted by Gasteiger charge is 2.47. The second-order valence-corrected chi connectivity index (χ2v) is 11.1. The molecule has 200 valence electrons. The third-order valence-electron chi connectivity index (χ3n) is 8.11. The largest absolute Gasteiger partial charge is 0.481 e. The summed E-state index contributed by atoms with van der Waals surface area (Å²) in [5.41, 5.74) is 9.08. The topological polar surface area (TPSA) is 136 Å². The SMILES string of the molecule is CC1(c2ccc(CCC(=O)O)cc2)C(=O)Nc2nc(-c3nn(CC4CCCC4)c4cc(Cl)ccc34)nc(N)c21. The minimum Gasteiger partial charge on any atom is -0.481 e. The zero-order valence-electron chi connectivity index (χ0n) is 21.6. The molecule has 9 nitrogen and oxygen atoms in total. The Hall–Kier alpha value is -3.98. The molecule has 0 saturated heterocycles. The molecule has 2 aromatic heterocycles. The number of rotatable bonds is 7. The summed E-state index contributed by atoms with van der Waals surface area (Å²) in [7, 11) is 0. The summed E-state index contributed by atoms with van der Waals surface area (Å²) in [6.07, 6.45) is 5.31. The molecule has 1 amide bonds.